The van der Waals surface area contributed by atoms with E-state index in [1.807, 2.05) is 0 Å². The molecule has 0 bridgehead atoms. The van der Waals surface area contributed by atoms with Crippen LogP contribution in [-0.2, 0) is 0 Å². The summed E-state index contributed by atoms with van der Waals surface area (Å²) in [5.41, 5.74) is 6.81. The monoisotopic (exact) mass is 331 g/mol. The van der Waals surface area contributed by atoms with E-state index < -0.39 is 0 Å². The van der Waals surface area contributed by atoms with Crippen molar-refractivity contribution in [3.63, 3.8) is 0 Å². The van der Waals surface area contributed by atoms with E-state index in [2.05, 4.69) is 40.0 Å². The molecule has 0 aliphatic carbocycles. The Morgan fingerprint density at radius 2 is 2.05 bits per heavy atom. The van der Waals surface area contributed by atoms with E-state index in [1.54, 1.807) is 6.07 Å². The van der Waals surface area contributed by atoms with Gasteiger partial charge in [-0.1, -0.05) is 35.8 Å². The molecule has 19 heavy (non-hydrogen) atoms. The summed E-state index contributed by atoms with van der Waals surface area (Å²) in [5, 5.41) is 3.43. The zero-order valence-corrected chi connectivity index (χ0v) is 13.2. The maximum Gasteiger partial charge on any atom is 0.124 e. The lowest BCUT2D eigenvalue weighted by atomic mass is 10.1. The number of halogens is 2. The van der Waals surface area contributed by atoms with Gasteiger partial charge in [0, 0.05) is 30.1 Å². The molecule has 3 N–H and O–H groups in total. The Morgan fingerprint density at radius 1 is 1.37 bits per heavy atom. The number of nitrogens with one attached hydrogen (secondary N) is 1. The third-order valence-electron chi connectivity index (χ3n) is 3.29. The van der Waals surface area contributed by atoms with Gasteiger partial charge in [-0.2, -0.15) is 0 Å². The minimum atomic E-state index is -0.241. The molecule has 0 saturated heterocycles. The highest BCUT2D eigenvalue weighted by Gasteiger charge is 2.13. The van der Waals surface area contributed by atoms with Gasteiger partial charge in [-0.05, 0) is 30.8 Å². The molecule has 0 amide bonds. The van der Waals surface area contributed by atoms with Crippen molar-refractivity contribution in [3.05, 3.63) is 34.1 Å². The van der Waals surface area contributed by atoms with Crippen molar-refractivity contribution in [1.29, 1.82) is 0 Å². The lowest BCUT2D eigenvalue weighted by Gasteiger charge is -2.22. The molecule has 3 nitrogen and oxygen atoms in total. The molecule has 0 radical (unpaired) electrons. The second-order valence-electron chi connectivity index (χ2n) is 4.44. The smallest absolute Gasteiger partial charge is 0.124 e. The van der Waals surface area contributed by atoms with E-state index in [0.717, 1.165) is 36.2 Å². The molecule has 1 rings (SSSR count). The maximum atomic E-state index is 13.1. The van der Waals surface area contributed by atoms with Crippen LogP contribution in [0.1, 0.15) is 25.5 Å². The molecule has 1 unspecified atom stereocenters. The molecule has 5 heteroatoms. The molecule has 0 saturated carbocycles. The molecule has 0 aliphatic rings. The molecule has 0 heterocycles. The van der Waals surface area contributed by atoms with Crippen molar-refractivity contribution in [1.82, 2.24) is 10.2 Å². The van der Waals surface area contributed by atoms with Crippen molar-refractivity contribution >= 4 is 15.9 Å². The topological polar surface area (TPSA) is 41.3 Å². The van der Waals surface area contributed by atoms with Crippen LogP contribution in [0.4, 0.5) is 4.39 Å². The molecule has 1 atom stereocenters. The summed E-state index contributed by atoms with van der Waals surface area (Å²) in [6.45, 7) is 8.75. The second kappa shape index (κ2) is 8.64. The average Bonchev–Trinajstić information content (AvgIpc) is 2.40. The summed E-state index contributed by atoms with van der Waals surface area (Å²) in [7, 11) is 0. The number of benzene rings is 1. The fourth-order valence-corrected chi connectivity index (χ4v) is 2.67. The Bertz CT molecular complexity index is 383. The minimum absolute atomic E-state index is 0.0468. The normalized spacial score (nSPS) is 12.9. The number of nitrogens with two attached hydrogens (primary N) is 1. The molecular weight excluding hydrogens is 309 g/mol. The Labute approximate surface area is 123 Å². The molecule has 0 fully saturated rings. The van der Waals surface area contributed by atoms with Crippen LogP contribution in [0.5, 0.6) is 0 Å². The first kappa shape index (κ1) is 16.6. The maximum absolute atomic E-state index is 13.1. The predicted octanol–water partition coefficient (Wildman–Crippen LogP) is 2.52. The molecule has 0 aromatic heterocycles. The van der Waals surface area contributed by atoms with E-state index in [9.17, 15) is 4.39 Å². The molecule has 0 spiro atoms. The van der Waals surface area contributed by atoms with Crippen LogP contribution in [0.25, 0.3) is 0 Å². The van der Waals surface area contributed by atoms with Crippen molar-refractivity contribution < 1.29 is 4.39 Å². The number of nitrogens with zero attached hydrogens (tertiary/aromatic N) is 1. The molecule has 0 aliphatic heterocycles. The van der Waals surface area contributed by atoms with Crippen molar-refractivity contribution in [3.8, 4) is 0 Å². The summed E-state index contributed by atoms with van der Waals surface area (Å²) >= 11 is 3.39. The van der Waals surface area contributed by atoms with Gasteiger partial charge in [-0.3, -0.25) is 0 Å². The lowest BCUT2D eigenvalue weighted by Crippen LogP contribution is -2.36. The number of hydrogen-bond acceptors (Lipinski definition) is 3. The van der Waals surface area contributed by atoms with Crippen molar-refractivity contribution in [2.45, 2.75) is 19.9 Å². The Hall–Kier alpha value is -0.490. The van der Waals surface area contributed by atoms with E-state index in [-0.39, 0.29) is 11.9 Å². The number of likely N-dealkylation sites (N-methyl/N-ethyl adjacent to an activating group) is 1. The Kier molecular flexibility index (Phi) is 7.53. The van der Waals surface area contributed by atoms with Crippen LogP contribution in [0.15, 0.2) is 22.7 Å². The highest BCUT2D eigenvalue weighted by molar-refractivity contribution is 9.10. The van der Waals surface area contributed by atoms with Crippen LogP contribution in [-0.4, -0.2) is 37.6 Å². The van der Waals surface area contributed by atoms with E-state index in [4.69, 9.17) is 5.73 Å². The van der Waals surface area contributed by atoms with Gasteiger partial charge < -0.3 is 16.0 Å². The highest BCUT2D eigenvalue weighted by atomic mass is 79.9. The zero-order valence-electron chi connectivity index (χ0n) is 11.6. The van der Waals surface area contributed by atoms with Gasteiger partial charge in [0.05, 0.1) is 0 Å². The van der Waals surface area contributed by atoms with Gasteiger partial charge in [-0.25, -0.2) is 4.39 Å². The summed E-state index contributed by atoms with van der Waals surface area (Å²) in [5.74, 6) is -0.241. The predicted molar refractivity (Wildman–Crippen MR) is 81.7 cm³/mol. The largest absolute Gasteiger partial charge is 0.329 e. The molecule has 1 aromatic rings. The second-order valence-corrected chi connectivity index (χ2v) is 5.29. The van der Waals surface area contributed by atoms with Crippen LogP contribution in [0, 0.1) is 5.82 Å². The van der Waals surface area contributed by atoms with Gasteiger partial charge >= 0.3 is 0 Å². The first-order valence-corrected chi connectivity index (χ1v) is 7.52. The summed E-state index contributed by atoms with van der Waals surface area (Å²) in [4.78, 5) is 2.35. The van der Waals surface area contributed by atoms with E-state index >= 15 is 0 Å². The van der Waals surface area contributed by atoms with Crippen LogP contribution in [0.2, 0.25) is 0 Å². The summed E-state index contributed by atoms with van der Waals surface area (Å²) in [6, 6.07) is 4.77. The lowest BCUT2D eigenvalue weighted by molar-refractivity contribution is 0.296. The average molecular weight is 332 g/mol. The molecule has 1 aromatic carbocycles. The standard InChI is InChI=1S/C14H23BrFN3/c1-3-19(4-2)8-7-18-14(10-17)12-6-5-11(16)9-13(12)15/h5-6,9,14,18H,3-4,7-8,10,17H2,1-2H3. The molecule has 108 valence electrons. The first-order valence-electron chi connectivity index (χ1n) is 6.73. The van der Waals surface area contributed by atoms with Gasteiger partial charge in [-0.15, -0.1) is 0 Å². The van der Waals surface area contributed by atoms with Gasteiger partial charge in [0.15, 0.2) is 0 Å². The third kappa shape index (κ3) is 5.18. The van der Waals surface area contributed by atoms with Crippen LogP contribution >= 0.6 is 15.9 Å². The first-order chi connectivity index (χ1) is 9.12. The van der Waals surface area contributed by atoms with Crippen LogP contribution < -0.4 is 11.1 Å². The van der Waals surface area contributed by atoms with Gasteiger partial charge in [0.1, 0.15) is 5.82 Å². The van der Waals surface area contributed by atoms with Crippen LogP contribution in [0.3, 0.4) is 0 Å². The molecular formula is C14H23BrFN3. The summed E-state index contributed by atoms with van der Waals surface area (Å²) < 4.78 is 13.8. The Balaban J connectivity index is 2.58. The third-order valence-corrected chi connectivity index (χ3v) is 3.97. The van der Waals surface area contributed by atoms with Gasteiger partial charge in [0.25, 0.3) is 0 Å². The quantitative estimate of drug-likeness (QED) is 0.769. The van der Waals surface area contributed by atoms with E-state index in [1.165, 1.54) is 12.1 Å². The summed E-state index contributed by atoms with van der Waals surface area (Å²) in [6.07, 6.45) is 0. The fraction of sp³-hybridized carbons (Fsp3) is 0.571. The van der Waals surface area contributed by atoms with Crippen molar-refractivity contribution in [2.75, 3.05) is 32.7 Å². The zero-order chi connectivity index (χ0) is 14.3. The number of rotatable bonds is 8. The SMILES string of the molecule is CCN(CC)CCNC(CN)c1ccc(F)cc1Br. The number of hydrogen-bond donors (Lipinski definition) is 2. The fourth-order valence-electron chi connectivity index (χ4n) is 2.04. The van der Waals surface area contributed by atoms with Gasteiger partial charge in [0.2, 0.25) is 0 Å². The Morgan fingerprint density at radius 3 is 2.58 bits per heavy atom. The van der Waals surface area contributed by atoms with E-state index in [0.29, 0.717) is 6.54 Å². The van der Waals surface area contributed by atoms with Crippen molar-refractivity contribution in [2.24, 2.45) is 5.73 Å². The highest BCUT2D eigenvalue weighted by Crippen LogP contribution is 2.23. The minimum Gasteiger partial charge on any atom is -0.329 e.